The Morgan fingerprint density at radius 1 is 0.875 bits per heavy atom. The van der Waals surface area contributed by atoms with Gasteiger partial charge in [0, 0.05) is 16.3 Å². The summed E-state index contributed by atoms with van der Waals surface area (Å²) in [5.41, 5.74) is 8.08. The van der Waals surface area contributed by atoms with Gasteiger partial charge in [0.2, 0.25) is 0 Å². The van der Waals surface area contributed by atoms with Crippen LogP contribution in [0.1, 0.15) is 10.5 Å². The minimum Gasteiger partial charge on any atom is -0.457 e. The molecule has 0 saturated heterocycles. The fraction of sp³-hybridized carbons (Fsp3) is 0. The van der Waals surface area contributed by atoms with Crippen LogP contribution >= 0.6 is 11.6 Å². The average Bonchev–Trinajstić information content (AvgIpc) is 3.25. The van der Waals surface area contributed by atoms with Crippen molar-refractivity contribution in [2.24, 2.45) is 5.73 Å². The highest BCUT2D eigenvalue weighted by molar-refractivity contribution is 6.30. The molecule has 0 unspecified atom stereocenters. The largest absolute Gasteiger partial charge is 0.457 e. The second-order valence-electron chi connectivity index (χ2n) is 6.96. The van der Waals surface area contributed by atoms with Gasteiger partial charge >= 0.3 is 0 Å². The topological polar surface area (TPSA) is 95.9 Å². The molecule has 0 bridgehead atoms. The lowest BCUT2D eigenvalue weighted by atomic mass is 10.2. The molecule has 3 aromatic carbocycles. The number of para-hydroxylation sites is 1. The van der Waals surface area contributed by atoms with Crippen LogP contribution < -0.4 is 10.5 Å². The monoisotopic (exact) mass is 441 g/mol. The molecule has 32 heavy (non-hydrogen) atoms. The van der Waals surface area contributed by atoms with Gasteiger partial charge in [-0.05, 0) is 60.7 Å². The number of aromatic nitrogens is 4. The van der Waals surface area contributed by atoms with Gasteiger partial charge in [0.05, 0.1) is 0 Å². The van der Waals surface area contributed by atoms with E-state index in [2.05, 4.69) is 15.0 Å². The van der Waals surface area contributed by atoms with Crippen molar-refractivity contribution in [3.8, 4) is 28.6 Å². The lowest BCUT2D eigenvalue weighted by molar-refractivity contribution is 0.0997. The van der Waals surface area contributed by atoms with Crippen molar-refractivity contribution < 1.29 is 9.53 Å². The number of nitrogens with zero attached hydrogens (tertiary/aromatic N) is 4. The van der Waals surface area contributed by atoms with Gasteiger partial charge in [0.15, 0.2) is 17.2 Å². The highest BCUT2D eigenvalue weighted by atomic mass is 35.5. The summed E-state index contributed by atoms with van der Waals surface area (Å²) in [5, 5.41) is 0.639. The first-order chi connectivity index (χ1) is 15.6. The van der Waals surface area contributed by atoms with E-state index in [1.807, 2.05) is 42.5 Å². The third-order valence-electron chi connectivity index (χ3n) is 4.83. The first-order valence-corrected chi connectivity index (χ1v) is 10.1. The first kappa shape index (κ1) is 19.7. The van der Waals surface area contributed by atoms with E-state index in [1.54, 1.807) is 47.3 Å². The van der Waals surface area contributed by atoms with Crippen LogP contribution in [0.5, 0.6) is 11.5 Å². The molecular weight excluding hydrogens is 426 g/mol. The molecule has 8 heteroatoms. The molecular formula is C24H16ClN5O2. The number of fused-ring (bicyclic) bond motifs is 1. The maximum atomic E-state index is 12.1. The molecule has 2 heterocycles. The van der Waals surface area contributed by atoms with E-state index in [0.717, 1.165) is 5.69 Å². The molecule has 0 saturated carbocycles. The Labute approximate surface area is 188 Å². The van der Waals surface area contributed by atoms with Gasteiger partial charge < -0.3 is 10.5 Å². The Bertz CT molecular complexity index is 1420. The summed E-state index contributed by atoms with van der Waals surface area (Å²) in [6.45, 7) is 0. The van der Waals surface area contributed by atoms with Crippen LogP contribution in [0.4, 0.5) is 0 Å². The van der Waals surface area contributed by atoms with Crippen molar-refractivity contribution in [3.05, 3.63) is 95.9 Å². The number of carbonyl (C=O) groups excluding carboxylic acids is 1. The summed E-state index contributed by atoms with van der Waals surface area (Å²) in [6.07, 6.45) is 1.61. The summed E-state index contributed by atoms with van der Waals surface area (Å²) in [5.74, 6) is 1.01. The Morgan fingerprint density at radius 3 is 2.19 bits per heavy atom. The lowest BCUT2D eigenvalue weighted by Crippen LogP contribution is -2.15. The maximum absolute atomic E-state index is 12.1. The van der Waals surface area contributed by atoms with Gasteiger partial charge in [0.1, 0.15) is 23.3 Å². The Kier molecular flexibility index (Phi) is 5.01. The van der Waals surface area contributed by atoms with Gasteiger partial charge in [-0.25, -0.2) is 15.0 Å². The van der Waals surface area contributed by atoms with Crippen LogP contribution in [0.2, 0.25) is 5.02 Å². The maximum Gasteiger partial charge on any atom is 0.269 e. The van der Waals surface area contributed by atoms with E-state index < -0.39 is 5.91 Å². The number of nitrogens with two attached hydrogens (primary N) is 1. The Morgan fingerprint density at radius 2 is 1.53 bits per heavy atom. The molecule has 2 aromatic heterocycles. The molecule has 0 spiro atoms. The van der Waals surface area contributed by atoms with Crippen LogP contribution in [0.15, 0.2) is 85.2 Å². The molecule has 5 rings (SSSR count). The quantitative estimate of drug-likeness (QED) is 0.412. The van der Waals surface area contributed by atoms with Gasteiger partial charge in [-0.1, -0.05) is 29.8 Å². The van der Waals surface area contributed by atoms with E-state index in [9.17, 15) is 4.79 Å². The van der Waals surface area contributed by atoms with Gasteiger partial charge in [-0.3, -0.25) is 9.36 Å². The predicted octanol–water partition coefficient (Wildman–Crippen LogP) is 5.03. The Balaban J connectivity index is 1.54. The fourth-order valence-corrected chi connectivity index (χ4v) is 3.42. The van der Waals surface area contributed by atoms with Crippen molar-refractivity contribution in [2.75, 3.05) is 0 Å². The lowest BCUT2D eigenvalue weighted by Gasteiger charge is -2.08. The van der Waals surface area contributed by atoms with Crippen LogP contribution in [0, 0.1) is 0 Å². The molecule has 0 aliphatic carbocycles. The molecule has 0 atom stereocenters. The number of halogens is 1. The van der Waals surface area contributed by atoms with Crippen LogP contribution in [0.3, 0.4) is 0 Å². The van der Waals surface area contributed by atoms with Crippen molar-refractivity contribution in [3.63, 3.8) is 0 Å². The van der Waals surface area contributed by atoms with Crippen molar-refractivity contribution in [1.82, 2.24) is 19.5 Å². The smallest absolute Gasteiger partial charge is 0.269 e. The number of benzene rings is 3. The number of carbonyl (C=O) groups is 1. The molecule has 0 aliphatic heterocycles. The summed E-state index contributed by atoms with van der Waals surface area (Å²) in [6, 6.07) is 23.9. The van der Waals surface area contributed by atoms with Crippen molar-refractivity contribution in [2.45, 2.75) is 0 Å². The number of amides is 1. The third kappa shape index (κ3) is 3.77. The van der Waals surface area contributed by atoms with Crippen molar-refractivity contribution >= 4 is 28.7 Å². The van der Waals surface area contributed by atoms with Crippen LogP contribution in [0.25, 0.3) is 28.2 Å². The number of hydrogen-bond acceptors (Lipinski definition) is 5. The predicted molar refractivity (Wildman–Crippen MR) is 122 cm³/mol. The van der Waals surface area contributed by atoms with Crippen LogP contribution in [-0.2, 0) is 0 Å². The molecule has 0 radical (unpaired) electrons. The highest BCUT2D eigenvalue weighted by Gasteiger charge is 2.18. The molecule has 0 aliphatic rings. The number of imidazole rings is 1. The second-order valence-corrected chi connectivity index (χ2v) is 7.40. The second kappa shape index (κ2) is 8.13. The molecule has 7 nitrogen and oxygen atoms in total. The molecule has 156 valence electrons. The molecule has 2 N–H and O–H groups in total. The molecule has 5 aromatic rings. The summed E-state index contributed by atoms with van der Waals surface area (Å²) in [4.78, 5) is 25.5. The number of ether oxygens (including phenoxy) is 1. The minimum atomic E-state index is -0.667. The molecule has 1 amide bonds. The zero-order valence-corrected chi connectivity index (χ0v) is 17.4. The number of primary amides is 1. The highest BCUT2D eigenvalue weighted by Crippen LogP contribution is 2.27. The SMILES string of the molecule is NC(=O)c1nc(-c2ccc(Oc3ccc(Cl)cc3)cc2)nc2c1ncn2-c1ccccc1. The fourth-order valence-electron chi connectivity index (χ4n) is 3.29. The standard InChI is InChI=1S/C24H16ClN5O2/c25-16-8-12-19(13-9-16)32-18-10-6-15(7-11-18)23-28-20(22(26)31)21-24(29-23)30(14-27-21)17-4-2-1-3-5-17/h1-14H,(H2,26,31). The van der Waals surface area contributed by atoms with Gasteiger partial charge in [0.25, 0.3) is 5.91 Å². The summed E-state index contributed by atoms with van der Waals surface area (Å²) < 4.78 is 7.63. The van der Waals surface area contributed by atoms with E-state index in [1.165, 1.54) is 0 Å². The number of rotatable bonds is 5. The van der Waals surface area contributed by atoms with E-state index >= 15 is 0 Å². The molecule has 0 fully saturated rings. The Hall–Kier alpha value is -4.23. The minimum absolute atomic E-state index is 0.0705. The first-order valence-electron chi connectivity index (χ1n) is 9.73. The van der Waals surface area contributed by atoms with E-state index in [4.69, 9.17) is 22.1 Å². The summed E-state index contributed by atoms with van der Waals surface area (Å²) >= 11 is 5.91. The van der Waals surface area contributed by atoms with E-state index in [-0.39, 0.29) is 5.69 Å². The third-order valence-corrected chi connectivity index (χ3v) is 5.08. The van der Waals surface area contributed by atoms with E-state index in [0.29, 0.717) is 39.1 Å². The van der Waals surface area contributed by atoms with Crippen molar-refractivity contribution in [1.29, 1.82) is 0 Å². The van der Waals surface area contributed by atoms with Gasteiger partial charge in [-0.15, -0.1) is 0 Å². The zero-order chi connectivity index (χ0) is 22.1. The summed E-state index contributed by atoms with van der Waals surface area (Å²) in [7, 11) is 0. The zero-order valence-electron chi connectivity index (χ0n) is 16.6. The number of hydrogen-bond donors (Lipinski definition) is 1. The van der Waals surface area contributed by atoms with Crippen LogP contribution in [-0.4, -0.2) is 25.4 Å². The normalized spacial score (nSPS) is 10.9. The average molecular weight is 442 g/mol. The van der Waals surface area contributed by atoms with Gasteiger partial charge in [-0.2, -0.15) is 0 Å².